The lowest BCUT2D eigenvalue weighted by molar-refractivity contribution is -0.139. The first kappa shape index (κ1) is 16.5. The number of nitrogens with zero attached hydrogens (tertiary/aromatic N) is 3. The van der Waals surface area contributed by atoms with Crippen molar-refractivity contribution in [2.24, 2.45) is 11.1 Å². The maximum atomic E-state index is 13.2. The first-order chi connectivity index (χ1) is 13.0. The third-order valence-corrected chi connectivity index (χ3v) is 6.53. The van der Waals surface area contributed by atoms with E-state index in [0.29, 0.717) is 18.7 Å². The van der Waals surface area contributed by atoms with Crippen molar-refractivity contribution in [3.05, 3.63) is 41.7 Å². The van der Waals surface area contributed by atoms with Crippen molar-refractivity contribution in [1.82, 2.24) is 14.5 Å². The Morgan fingerprint density at radius 1 is 1.15 bits per heavy atom. The molecular formula is C21H24N4O2. The summed E-state index contributed by atoms with van der Waals surface area (Å²) < 4.78 is 2.13. The Bertz CT molecular complexity index is 929. The van der Waals surface area contributed by atoms with Gasteiger partial charge in [-0.2, -0.15) is 0 Å². The molecule has 2 aromatic rings. The number of fused-ring (bicyclic) bond motifs is 3. The zero-order chi connectivity index (χ0) is 18.8. The number of amides is 2. The number of primary amides is 1. The van der Waals surface area contributed by atoms with Crippen molar-refractivity contribution in [2.45, 2.75) is 57.7 Å². The predicted octanol–water partition coefficient (Wildman–Crippen LogP) is 2.36. The average molecular weight is 364 g/mol. The van der Waals surface area contributed by atoms with E-state index in [1.165, 1.54) is 0 Å². The van der Waals surface area contributed by atoms with Gasteiger partial charge in [0, 0.05) is 30.0 Å². The molecule has 1 saturated carbocycles. The van der Waals surface area contributed by atoms with Crippen LogP contribution in [0.4, 0.5) is 0 Å². The summed E-state index contributed by atoms with van der Waals surface area (Å²) in [5.41, 5.74) is 7.69. The molecule has 2 atom stereocenters. The monoisotopic (exact) mass is 364 g/mol. The molecule has 0 spiro atoms. The van der Waals surface area contributed by atoms with Crippen molar-refractivity contribution >= 4 is 11.8 Å². The number of benzene rings is 1. The van der Waals surface area contributed by atoms with E-state index in [0.717, 1.165) is 42.8 Å². The summed E-state index contributed by atoms with van der Waals surface area (Å²) in [6.07, 6.45) is 4.60. The summed E-state index contributed by atoms with van der Waals surface area (Å²) in [6, 6.07) is 10.2. The molecule has 2 amide bonds. The zero-order valence-electron chi connectivity index (χ0n) is 15.5. The van der Waals surface area contributed by atoms with Crippen LogP contribution in [0.3, 0.4) is 0 Å². The maximum absolute atomic E-state index is 13.2. The smallest absolute Gasteiger partial charge is 0.269 e. The number of hydrogen-bond donors (Lipinski definition) is 1. The largest absolute Gasteiger partial charge is 0.364 e. The van der Waals surface area contributed by atoms with Gasteiger partial charge in [0.05, 0.1) is 11.7 Å². The summed E-state index contributed by atoms with van der Waals surface area (Å²) in [7, 11) is 0. The highest BCUT2D eigenvalue weighted by molar-refractivity contribution is 5.93. The molecular weight excluding hydrogens is 340 g/mol. The van der Waals surface area contributed by atoms with Gasteiger partial charge in [-0.05, 0) is 25.7 Å². The molecule has 0 unspecified atom stereocenters. The molecule has 6 heteroatoms. The van der Waals surface area contributed by atoms with Gasteiger partial charge >= 0.3 is 0 Å². The van der Waals surface area contributed by atoms with Crippen LogP contribution >= 0.6 is 0 Å². The highest BCUT2D eigenvalue weighted by Crippen LogP contribution is 2.49. The third kappa shape index (κ3) is 2.50. The standard InChI is InChI=1S/C21H24N4O2/c1-21(9-10-21)20(27)25-14-7-8-15(25)12-24-16(11-14)17(18(22)26)23-19(24)13-5-3-2-4-6-13/h2-6,14-15H,7-12H2,1H3,(H2,22,26)/t14-,15+/m0/s1. The molecule has 1 aromatic heterocycles. The van der Waals surface area contributed by atoms with Crippen molar-refractivity contribution in [1.29, 1.82) is 0 Å². The number of imidazole rings is 1. The maximum Gasteiger partial charge on any atom is 0.269 e. The van der Waals surface area contributed by atoms with Gasteiger partial charge in [0.1, 0.15) is 11.5 Å². The summed E-state index contributed by atoms with van der Waals surface area (Å²) in [4.78, 5) is 32.0. The van der Waals surface area contributed by atoms with Crippen LogP contribution in [0.25, 0.3) is 11.4 Å². The number of rotatable bonds is 3. The Kier molecular flexibility index (Phi) is 3.48. The SMILES string of the molecule is CC1(C(=O)N2[C@@H]3CC[C@H]2Cc2c(C(N)=O)nc(-c4ccccc4)n2C3)CC1. The van der Waals surface area contributed by atoms with E-state index in [4.69, 9.17) is 5.73 Å². The van der Waals surface area contributed by atoms with Crippen molar-refractivity contribution in [2.75, 3.05) is 0 Å². The molecule has 1 saturated heterocycles. The van der Waals surface area contributed by atoms with E-state index in [1.807, 2.05) is 30.3 Å². The van der Waals surface area contributed by atoms with Crippen LogP contribution < -0.4 is 5.73 Å². The molecule has 1 aliphatic carbocycles. The quantitative estimate of drug-likeness (QED) is 0.908. The number of carbonyl (C=O) groups excluding carboxylic acids is 2. The number of carbonyl (C=O) groups is 2. The van der Waals surface area contributed by atoms with E-state index in [2.05, 4.69) is 21.4 Å². The lowest BCUT2D eigenvalue weighted by Crippen LogP contribution is -2.45. The van der Waals surface area contributed by atoms with Gasteiger partial charge in [-0.15, -0.1) is 0 Å². The molecule has 2 bridgehead atoms. The molecule has 2 aliphatic heterocycles. The van der Waals surface area contributed by atoms with E-state index < -0.39 is 5.91 Å². The van der Waals surface area contributed by atoms with Crippen LogP contribution in [0.1, 0.15) is 48.8 Å². The second-order valence-electron chi connectivity index (χ2n) is 8.43. The normalized spacial score (nSPS) is 25.0. The summed E-state index contributed by atoms with van der Waals surface area (Å²) in [6.45, 7) is 2.75. The van der Waals surface area contributed by atoms with E-state index in [9.17, 15) is 9.59 Å². The lowest BCUT2D eigenvalue weighted by Gasteiger charge is -2.31. The van der Waals surface area contributed by atoms with Crippen molar-refractivity contribution in [3.8, 4) is 11.4 Å². The van der Waals surface area contributed by atoms with Crippen molar-refractivity contribution < 1.29 is 9.59 Å². The first-order valence-electron chi connectivity index (χ1n) is 9.75. The molecule has 140 valence electrons. The van der Waals surface area contributed by atoms with Crippen LogP contribution in [0.2, 0.25) is 0 Å². The Labute approximate surface area is 158 Å². The number of nitrogens with two attached hydrogens (primary N) is 1. The number of hydrogen-bond acceptors (Lipinski definition) is 3. The van der Waals surface area contributed by atoms with Crippen LogP contribution in [0.15, 0.2) is 30.3 Å². The van der Waals surface area contributed by atoms with E-state index >= 15 is 0 Å². The van der Waals surface area contributed by atoms with Gasteiger partial charge in [-0.25, -0.2) is 4.98 Å². The summed E-state index contributed by atoms with van der Waals surface area (Å²) in [5, 5.41) is 0. The van der Waals surface area contributed by atoms with Gasteiger partial charge in [0.15, 0.2) is 0 Å². The molecule has 2 N–H and O–H groups in total. The Morgan fingerprint density at radius 3 is 2.52 bits per heavy atom. The topological polar surface area (TPSA) is 81.2 Å². The van der Waals surface area contributed by atoms with Gasteiger partial charge in [-0.1, -0.05) is 37.3 Å². The second kappa shape index (κ2) is 5.68. The minimum absolute atomic E-state index is 0.139. The second-order valence-corrected chi connectivity index (χ2v) is 8.43. The molecule has 1 aromatic carbocycles. The minimum Gasteiger partial charge on any atom is -0.364 e. The van der Waals surface area contributed by atoms with Crippen LogP contribution in [-0.2, 0) is 17.8 Å². The lowest BCUT2D eigenvalue weighted by atomic mass is 10.0. The molecule has 27 heavy (non-hydrogen) atoms. The molecule has 5 rings (SSSR count). The fourth-order valence-corrected chi connectivity index (χ4v) is 4.71. The van der Waals surface area contributed by atoms with E-state index in [1.54, 1.807) is 0 Å². The highest BCUT2D eigenvalue weighted by Gasteiger charge is 2.52. The fraction of sp³-hybridized carbons (Fsp3) is 0.476. The molecule has 3 heterocycles. The Balaban J connectivity index is 1.60. The third-order valence-electron chi connectivity index (χ3n) is 6.53. The van der Waals surface area contributed by atoms with Gasteiger partial charge in [-0.3, -0.25) is 9.59 Å². The van der Waals surface area contributed by atoms with Gasteiger partial charge in [0.25, 0.3) is 5.91 Å². The molecule has 6 nitrogen and oxygen atoms in total. The number of aromatic nitrogens is 2. The Hall–Kier alpha value is -2.63. The predicted molar refractivity (Wildman–Crippen MR) is 101 cm³/mol. The average Bonchev–Trinajstić information content (AvgIpc) is 3.19. The summed E-state index contributed by atoms with van der Waals surface area (Å²) in [5.74, 6) is 0.568. The molecule has 0 radical (unpaired) electrons. The fourth-order valence-electron chi connectivity index (χ4n) is 4.71. The van der Waals surface area contributed by atoms with Crippen LogP contribution in [0, 0.1) is 5.41 Å². The van der Waals surface area contributed by atoms with Gasteiger partial charge < -0.3 is 15.2 Å². The molecule has 2 fully saturated rings. The Morgan fingerprint density at radius 2 is 1.85 bits per heavy atom. The van der Waals surface area contributed by atoms with Crippen LogP contribution in [0.5, 0.6) is 0 Å². The van der Waals surface area contributed by atoms with Gasteiger partial charge in [0.2, 0.25) is 5.91 Å². The highest BCUT2D eigenvalue weighted by atomic mass is 16.2. The van der Waals surface area contributed by atoms with E-state index in [-0.39, 0.29) is 23.4 Å². The van der Waals surface area contributed by atoms with Crippen molar-refractivity contribution in [3.63, 3.8) is 0 Å². The van der Waals surface area contributed by atoms with Crippen LogP contribution in [-0.4, -0.2) is 38.3 Å². The minimum atomic E-state index is -0.495. The molecule has 3 aliphatic rings. The zero-order valence-corrected chi connectivity index (χ0v) is 15.5. The first-order valence-corrected chi connectivity index (χ1v) is 9.75. The summed E-state index contributed by atoms with van der Waals surface area (Å²) >= 11 is 0.